The van der Waals surface area contributed by atoms with E-state index in [0.29, 0.717) is 23.3 Å². The molecular weight excluding hydrogens is 573 g/mol. The maximum Gasteiger partial charge on any atom is 0.255 e. The third kappa shape index (κ3) is 5.65. The van der Waals surface area contributed by atoms with Crippen LogP contribution < -0.4 is 26.0 Å². The molecule has 2 saturated heterocycles. The number of ether oxygens (including phenoxy) is 1. The number of nitrogens with one attached hydrogen (secondary N) is 3. The van der Waals surface area contributed by atoms with E-state index in [1.54, 1.807) is 6.20 Å². The van der Waals surface area contributed by atoms with E-state index in [0.717, 1.165) is 84.3 Å². The van der Waals surface area contributed by atoms with Crippen LogP contribution in [0.3, 0.4) is 0 Å². The molecule has 0 radical (unpaired) electrons. The monoisotopic (exact) mass is 607 g/mol. The molecule has 5 heterocycles. The first-order chi connectivity index (χ1) is 22.0. The molecule has 12 heteroatoms. The maximum absolute atomic E-state index is 13.7. The number of benzene rings is 2. The summed E-state index contributed by atoms with van der Waals surface area (Å²) in [5.41, 5.74) is 12.3. The highest BCUT2D eigenvalue weighted by atomic mass is 19.1. The van der Waals surface area contributed by atoms with Crippen LogP contribution in [0.2, 0.25) is 0 Å². The number of anilines is 2. The normalized spacial score (nSPS) is 15.6. The lowest BCUT2D eigenvalue weighted by Gasteiger charge is -2.43. The third-order valence-electron chi connectivity index (χ3n) is 8.69. The smallest absolute Gasteiger partial charge is 0.255 e. The minimum Gasteiger partial charge on any atom is -0.496 e. The fraction of sp³-hybridized carbons (Fsp3) is 0.273. The Bertz CT molecular complexity index is 1830. The van der Waals surface area contributed by atoms with Crippen LogP contribution in [-0.4, -0.2) is 83.4 Å². The van der Waals surface area contributed by atoms with Gasteiger partial charge in [0, 0.05) is 69.2 Å². The predicted molar refractivity (Wildman–Crippen MR) is 172 cm³/mol. The molecule has 5 aromatic rings. The number of piperazine rings is 1. The first-order valence-corrected chi connectivity index (χ1v) is 15.0. The van der Waals surface area contributed by atoms with Crippen molar-refractivity contribution in [3.63, 3.8) is 0 Å². The van der Waals surface area contributed by atoms with Crippen molar-refractivity contribution < 1.29 is 13.9 Å². The van der Waals surface area contributed by atoms with Crippen LogP contribution in [0.5, 0.6) is 5.75 Å². The van der Waals surface area contributed by atoms with Crippen LogP contribution in [0.1, 0.15) is 15.9 Å². The molecule has 0 atom stereocenters. The van der Waals surface area contributed by atoms with Crippen molar-refractivity contribution in [3.05, 3.63) is 83.9 Å². The van der Waals surface area contributed by atoms with Crippen molar-refractivity contribution in [1.29, 1.82) is 0 Å². The van der Waals surface area contributed by atoms with E-state index in [-0.39, 0.29) is 12.1 Å². The Morgan fingerprint density at radius 2 is 1.84 bits per heavy atom. The van der Waals surface area contributed by atoms with E-state index >= 15 is 0 Å². The molecule has 0 saturated carbocycles. The number of nitrogens with zero attached hydrogens (tertiary/aromatic N) is 5. The molecular formula is C33H34FN9O2. The number of aromatic nitrogens is 4. The summed E-state index contributed by atoms with van der Waals surface area (Å²) in [5.74, 6) is -0.271. The minimum atomic E-state index is -0.507. The van der Waals surface area contributed by atoms with Gasteiger partial charge in [-0.15, -0.1) is 0 Å². The second kappa shape index (κ2) is 12.1. The summed E-state index contributed by atoms with van der Waals surface area (Å²) in [6.07, 6.45) is 3.72. The Hall–Kier alpha value is -5.07. The van der Waals surface area contributed by atoms with Gasteiger partial charge in [-0.05, 0) is 35.9 Å². The number of rotatable bonds is 8. The number of aromatic amines is 1. The Morgan fingerprint density at radius 1 is 1.04 bits per heavy atom. The molecule has 7 rings (SSSR count). The molecule has 3 aromatic heterocycles. The van der Waals surface area contributed by atoms with E-state index in [9.17, 15) is 9.18 Å². The van der Waals surface area contributed by atoms with Gasteiger partial charge in [0.1, 0.15) is 11.6 Å². The van der Waals surface area contributed by atoms with Gasteiger partial charge in [0.2, 0.25) is 0 Å². The SMILES string of the molecule is COc1ccc(F)cc1C(=O)NCc1ccc(-c2ncc(-c3ccc(N4CCN(C5CNC5)CC4)cn3)c3[nH]nc(N)c23)cc1. The summed E-state index contributed by atoms with van der Waals surface area (Å²) >= 11 is 0. The Labute approximate surface area is 259 Å². The number of halogens is 1. The number of nitrogens with two attached hydrogens (primary N) is 1. The van der Waals surface area contributed by atoms with Crippen molar-refractivity contribution in [1.82, 2.24) is 35.7 Å². The molecule has 0 aliphatic carbocycles. The number of hydrogen-bond donors (Lipinski definition) is 4. The van der Waals surface area contributed by atoms with Gasteiger partial charge in [0.05, 0.1) is 46.8 Å². The molecule has 2 aromatic carbocycles. The van der Waals surface area contributed by atoms with E-state index in [4.69, 9.17) is 20.4 Å². The van der Waals surface area contributed by atoms with Gasteiger partial charge in [-0.1, -0.05) is 24.3 Å². The standard InChI is InChI=1S/C33H34FN9O2/c1-45-28-9-6-22(34)14-25(28)33(44)39-15-20-2-4-21(5-3-20)30-29-31(40-41-32(29)35)26(19-38-30)27-8-7-23(18-37-27)42-10-12-43(13-11-42)24-16-36-17-24/h2-9,14,18-19,24,36H,10-13,15-17H2,1H3,(H,39,44)(H3,35,40,41). The lowest BCUT2D eigenvalue weighted by atomic mass is 10.0. The number of amides is 1. The lowest BCUT2D eigenvalue weighted by molar-refractivity contribution is 0.0947. The molecule has 0 spiro atoms. The van der Waals surface area contributed by atoms with Crippen LogP contribution >= 0.6 is 0 Å². The van der Waals surface area contributed by atoms with Crippen LogP contribution in [0.25, 0.3) is 33.4 Å². The second-order valence-corrected chi connectivity index (χ2v) is 11.3. The van der Waals surface area contributed by atoms with E-state index in [1.807, 2.05) is 36.5 Å². The first kappa shape index (κ1) is 28.7. The quantitative estimate of drug-likeness (QED) is 0.209. The molecule has 0 bridgehead atoms. The van der Waals surface area contributed by atoms with Gasteiger partial charge in [0.15, 0.2) is 5.82 Å². The number of fused-ring (bicyclic) bond motifs is 1. The van der Waals surface area contributed by atoms with E-state index in [2.05, 4.69) is 36.7 Å². The molecule has 1 amide bonds. The fourth-order valence-electron chi connectivity index (χ4n) is 5.99. The molecule has 2 aliphatic rings. The van der Waals surface area contributed by atoms with Crippen molar-refractivity contribution >= 4 is 28.3 Å². The van der Waals surface area contributed by atoms with Gasteiger partial charge in [0.25, 0.3) is 5.91 Å². The lowest BCUT2D eigenvalue weighted by Crippen LogP contribution is -2.61. The summed E-state index contributed by atoms with van der Waals surface area (Å²) in [5, 5.41) is 14.3. The van der Waals surface area contributed by atoms with Gasteiger partial charge in [-0.25, -0.2) is 4.39 Å². The third-order valence-corrected chi connectivity index (χ3v) is 8.69. The largest absolute Gasteiger partial charge is 0.496 e. The average molecular weight is 608 g/mol. The highest BCUT2D eigenvalue weighted by molar-refractivity contribution is 6.05. The number of nitrogen functional groups attached to an aromatic ring is 1. The second-order valence-electron chi connectivity index (χ2n) is 11.3. The van der Waals surface area contributed by atoms with Crippen molar-refractivity contribution in [2.24, 2.45) is 0 Å². The summed E-state index contributed by atoms with van der Waals surface area (Å²) in [7, 11) is 1.44. The Balaban J connectivity index is 1.06. The van der Waals surface area contributed by atoms with Crippen LogP contribution in [-0.2, 0) is 6.54 Å². The zero-order chi connectivity index (χ0) is 30.9. The molecule has 230 valence electrons. The van der Waals surface area contributed by atoms with Gasteiger partial charge < -0.3 is 26.0 Å². The maximum atomic E-state index is 13.7. The van der Waals surface area contributed by atoms with E-state index in [1.165, 1.54) is 19.2 Å². The zero-order valence-electron chi connectivity index (χ0n) is 24.9. The van der Waals surface area contributed by atoms with Gasteiger partial charge in [-0.3, -0.25) is 24.8 Å². The number of hydrogen-bond acceptors (Lipinski definition) is 9. The van der Waals surface area contributed by atoms with Crippen molar-refractivity contribution in [2.75, 3.05) is 57.0 Å². The molecule has 2 fully saturated rings. The molecule has 5 N–H and O–H groups in total. The van der Waals surface area contributed by atoms with Crippen molar-refractivity contribution in [3.8, 4) is 28.3 Å². The molecule has 45 heavy (non-hydrogen) atoms. The minimum absolute atomic E-state index is 0.139. The zero-order valence-corrected chi connectivity index (χ0v) is 24.9. The predicted octanol–water partition coefficient (Wildman–Crippen LogP) is 3.44. The highest BCUT2D eigenvalue weighted by Gasteiger charge is 2.28. The summed E-state index contributed by atoms with van der Waals surface area (Å²) < 4.78 is 18.9. The summed E-state index contributed by atoms with van der Waals surface area (Å²) in [4.78, 5) is 27.2. The van der Waals surface area contributed by atoms with Crippen LogP contribution in [0.15, 0.2) is 67.0 Å². The molecule has 11 nitrogen and oxygen atoms in total. The number of carbonyl (C=O) groups is 1. The number of carbonyl (C=O) groups excluding carboxylic acids is 1. The summed E-state index contributed by atoms with van der Waals surface area (Å²) in [6, 6.07) is 16.3. The van der Waals surface area contributed by atoms with Crippen molar-refractivity contribution in [2.45, 2.75) is 12.6 Å². The summed E-state index contributed by atoms with van der Waals surface area (Å²) in [6.45, 7) is 6.54. The fourth-order valence-corrected chi connectivity index (χ4v) is 5.99. The van der Waals surface area contributed by atoms with Crippen LogP contribution in [0.4, 0.5) is 15.9 Å². The Morgan fingerprint density at radius 3 is 2.53 bits per heavy atom. The number of H-pyrrole nitrogens is 1. The first-order valence-electron chi connectivity index (χ1n) is 15.0. The topological polar surface area (TPSA) is 137 Å². The van der Waals surface area contributed by atoms with E-state index < -0.39 is 11.7 Å². The number of pyridine rings is 2. The average Bonchev–Trinajstić information content (AvgIpc) is 3.44. The van der Waals surface area contributed by atoms with Gasteiger partial charge >= 0.3 is 0 Å². The molecule has 2 aliphatic heterocycles. The Kier molecular flexibility index (Phi) is 7.74. The van der Waals surface area contributed by atoms with Gasteiger partial charge in [-0.2, -0.15) is 5.10 Å². The highest BCUT2D eigenvalue weighted by Crippen LogP contribution is 2.35. The molecule has 0 unspecified atom stereocenters. The number of methoxy groups -OCH3 is 1. The van der Waals surface area contributed by atoms with Crippen LogP contribution in [0, 0.1) is 5.82 Å².